The predicted octanol–water partition coefficient (Wildman–Crippen LogP) is 2.73. The van der Waals surface area contributed by atoms with Crippen LogP contribution < -0.4 is 0 Å². The van der Waals surface area contributed by atoms with Gasteiger partial charge < -0.3 is 9.32 Å². The van der Waals surface area contributed by atoms with Crippen molar-refractivity contribution in [3.8, 4) is 0 Å². The van der Waals surface area contributed by atoms with Crippen molar-refractivity contribution in [3.63, 3.8) is 0 Å². The molecular formula is C13H14BrNO2. The number of rotatable bonds is 1. The lowest BCUT2D eigenvalue weighted by molar-refractivity contribution is -0.135. The van der Waals surface area contributed by atoms with Gasteiger partial charge in [0.1, 0.15) is 5.76 Å². The summed E-state index contributed by atoms with van der Waals surface area (Å²) >= 11 is 3.36. The zero-order valence-electron chi connectivity index (χ0n) is 9.54. The van der Waals surface area contributed by atoms with E-state index in [-0.39, 0.29) is 5.41 Å². The van der Waals surface area contributed by atoms with Gasteiger partial charge in [-0.05, 0) is 47.2 Å². The Hall–Kier alpha value is -0.770. The summed E-state index contributed by atoms with van der Waals surface area (Å²) in [4.78, 5) is 14.4. The van der Waals surface area contributed by atoms with Crippen LogP contribution in [0.1, 0.15) is 30.6 Å². The van der Waals surface area contributed by atoms with E-state index in [2.05, 4.69) is 15.9 Å². The van der Waals surface area contributed by atoms with Crippen molar-refractivity contribution in [2.45, 2.75) is 32.2 Å². The van der Waals surface area contributed by atoms with Crippen LogP contribution in [0.25, 0.3) is 0 Å². The molecule has 2 fully saturated rings. The highest BCUT2D eigenvalue weighted by atomic mass is 79.9. The number of hydrogen-bond acceptors (Lipinski definition) is 2. The zero-order chi connectivity index (χ0) is 11.6. The first kappa shape index (κ1) is 10.2. The summed E-state index contributed by atoms with van der Waals surface area (Å²) in [5.41, 5.74) is 1.28. The van der Waals surface area contributed by atoms with E-state index in [4.69, 9.17) is 4.42 Å². The molecule has 0 N–H and O–H groups in total. The molecule has 3 nitrogen and oxygen atoms in total. The van der Waals surface area contributed by atoms with Gasteiger partial charge in [-0.3, -0.25) is 4.79 Å². The molecule has 0 spiro atoms. The van der Waals surface area contributed by atoms with E-state index < -0.39 is 0 Å². The van der Waals surface area contributed by atoms with Crippen molar-refractivity contribution in [3.05, 3.63) is 22.1 Å². The number of nitrogens with zero attached hydrogens (tertiary/aromatic N) is 1. The Morgan fingerprint density at radius 1 is 1.53 bits per heavy atom. The van der Waals surface area contributed by atoms with Crippen LogP contribution in [0.3, 0.4) is 0 Å². The van der Waals surface area contributed by atoms with Crippen molar-refractivity contribution in [2.75, 3.05) is 6.54 Å². The van der Waals surface area contributed by atoms with Gasteiger partial charge in [0, 0.05) is 25.1 Å². The van der Waals surface area contributed by atoms with Gasteiger partial charge in [-0.1, -0.05) is 0 Å². The predicted molar refractivity (Wildman–Crippen MR) is 65.3 cm³/mol. The van der Waals surface area contributed by atoms with Gasteiger partial charge in [-0.25, -0.2) is 0 Å². The van der Waals surface area contributed by atoms with E-state index >= 15 is 0 Å². The van der Waals surface area contributed by atoms with Crippen LogP contribution in [0.15, 0.2) is 15.2 Å². The lowest BCUT2D eigenvalue weighted by Gasteiger charge is -2.22. The molecule has 90 valence electrons. The minimum atomic E-state index is 0.103. The average Bonchev–Trinajstić information content (AvgIpc) is 3.10. The molecule has 0 radical (unpaired) electrons. The van der Waals surface area contributed by atoms with Crippen LogP contribution in [-0.2, 0) is 17.8 Å². The largest absolute Gasteiger partial charge is 0.454 e. The molecule has 2 aliphatic carbocycles. The maximum atomic E-state index is 12.4. The first-order valence-corrected chi connectivity index (χ1v) is 7.05. The summed E-state index contributed by atoms with van der Waals surface area (Å²) < 4.78 is 6.39. The molecule has 3 aliphatic rings. The van der Waals surface area contributed by atoms with Crippen molar-refractivity contribution in [1.82, 2.24) is 4.90 Å². The van der Waals surface area contributed by atoms with Gasteiger partial charge >= 0.3 is 0 Å². The quantitative estimate of drug-likeness (QED) is 0.798. The van der Waals surface area contributed by atoms with Gasteiger partial charge in [-0.15, -0.1) is 0 Å². The highest BCUT2D eigenvalue weighted by molar-refractivity contribution is 9.10. The molecule has 2 saturated carbocycles. The Balaban J connectivity index is 1.59. The second kappa shape index (κ2) is 3.16. The SMILES string of the molecule is O=C(N1CCCc2oc(Br)cc2C1)C12CC1C2. The maximum Gasteiger partial charge on any atom is 0.229 e. The highest BCUT2D eigenvalue weighted by Gasteiger charge is 2.75. The number of halogens is 1. The molecule has 17 heavy (non-hydrogen) atoms. The number of aryl methyl sites for hydroxylation is 1. The van der Waals surface area contributed by atoms with Crippen molar-refractivity contribution < 1.29 is 9.21 Å². The second-order valence-corrected chi connectivity index (χ2v) is 6.37. The molecule has 1 aliphatic heterocycles. The summed E-state index contributed by atoms with van der Waals surface area (Å²) in [5, 5.41) is 0. The normalized spacial score (nSPS) is 33.7. The molecule has 2 heterocycles. The zero-order valence-corrected chi connectivity index (χ0v) is 11.1. The Bertz CT molecular complexity index is 502. The maximum absolute atomic E-state index is 12.4. The molecule has 0 saturated heterocycles. The Labute approximate surface area is 108 Å². The van der Waals surface area contributed by atoms with Crippen molar-refractivity contribution in [1.29, 1.82) is 0 Å². The van der Waals surface area contributed by atoms with Crippen molar-refractivity contribution in [2.24, 2.45) is 11.3 Å². The number of hydrogen-bond donors (Lipinski definition) is 0. The highest BCUT2D eigenvalue weighted by Crippen LogP contribution is 2.76. The number of carbonyl (C=O) groups is 1. The molecule has 0 aromatic carbocycles. The smallest absolute Gasteiger partial charge is 0.229 e. The van der Waals surface area contributed by atoms with E-state index in [0.717, 1.165) is 55.1 Å². The summed E-state index contributed by atoms with van der Waals surface area (Å²) in [7, 11) is 0. The van der Waals surface area contributed by atoms with E-state index in [1.807, 2.05) is 11.0 Å². The number of furan rings is 1. The average molecular weight is 296 g/mol. The Kier molecular flexibility index (Phi) is 1.89. The van der Waals surface area contributed by atoms with E-state index in [1.54, 1.807) is 0 Å². The molecule has 0 bridgehead atoms. The molecule has 1 aromatic heterocycles. The fourth-order valence-electron chi connectivity index (χ4n) is 3.03. The van der Waals surface area contributed by atoms with Crippen LogP contribution in [0.4, 0.5) is 0 Å². The van der Waals surface area contributed by atoms with Crippen LogP contribution >= 0.6 is 15.9 Å². The van der Waals surface area contributed by atoms with E-state index in [1.165, 1.54) is 5.56 Å². The minimum Gasteiger partial charge on any atom is -0.454 e. The van der Waals surface area contributed by atoms with E-state index in [0.29, 0.717) is 5.91 Å². The number of amides is 1. The lowest BCUT2D eigenvalue weighted by Crippen LogP contribution is -2.34. The van der Waals surface area contributed by atoms with Gasteiger partial charge in [0.15, 0.2) is 4.67 Å². The summed E-state index contributed by atoms with van der Waals surface area (Å²) in [5.74, 6) is 2.18. The third kappa shape index (κ3) is 1.43. The summed E-state index contributed by atoms with van der Waals surface area (Å²) in [6.45, 7) is 1.62. The van der Waals surface area contributed by atoms with Crippen LogP contribution in [0.5, 0.6) is 0 Å². The van der Waals surface area contributed by atoms with Crippen LogP contribution in [-0.4, -0.2) is 17.4 Å². The number of carbonyl (C=O) groups excluding carboxylic acids is 1. The molecule has 1 amide bonds. The van der Waals surface area contributed by atoms with Crippen LogP contribution in [0.2, 0.25) is 0 Å². The van der Waals surface area contributed by atoms with Gasteiger partial charge in [-0.2, -0.15) is 0 Å². The second-order valence-electron chi connectivity index (χ2n) is 5.59. The summed E-state index contributed by atoms with van der Waals surface area (Å²) in [6.07, 6.45) is 4.25. The summed E-state index contributed by atoms with van der Waals surface area (Å²) in [6, 6.07) is 2.01. The molecule has 4 rings (SSSR count). The molecular weight excluding hydrogens is 282 g/mol. The molecule has 4 heteroatoms. The topological polar surface area (TPSA) is 33.5 Å². The fourth-order valence-corrected chi connectivity index (χ4v) is 3.50. The van der Waals surface area contributed by atoms with Crippen molar-refractivity contribution >= 4 is 21.8 Å². The monoisotopic (exact) mass is 295 g/mol. The van der Waals surface area contributed by atoms with E-state index in [9.17, 15) is 4.79 Å². The number of fused-ring (bicyclic) bond motifs is 2. The lowest BCUT2D eigenvalue weighted by atomic mass is 10.1. The van der Waals surface area contributed by atoms with Gasteiger partial charge in [0.05, 0.1) is 5.41 Å². The molecule has 0 atom stereocenters. The first-order valence-electron chi connectivity index (χ1n) is 6.25. The van der Waals surface area contributed by atoms with Gasteiger partial charge in [0.2, 0.25) is 5.91 Å². The molecule has 0 unspecified atom stereocenters. The Morgan fingerprint density at radius 3 is 3.00 bits per heavy atom. The third-order valence-corrected chi connectivity index (χ3v) is 4.85. The first-order chi connectivity index (χ1) is 8.19. The van der Waals surface area contributed by atoms with Gasteiger partial charge in [0.25, 0.3) is 0 Å². The Morgan fingerprint density at radius 2 is 2.29 bits per heavy atom. The standard InChI is InChI=1S/C13H14BrNO2/c14-11-4-8-7-15(3-1-2-10(8)17-11)12(16)13-5-9(13)6-13/h4,9H,1-3,5-7H2. The third-order valence-electron chi connectivity index (χ3n) is 4.46. The minimum absolute atomic E-state index is 0.103. The molecule has 1 aromatic rings. The van der Waals surface area contributed by atoms with Crippen LogP contribution in [0, 0.1) is 11.3 Å². The fraction of sp³-hybridized carbons (Fsp3) is 0.615.